The fraction of sp³-hybridized carbons (Fsp3) is 0.583. The van der Waals surface area contributed by atoms with E-state index in [-0.39, 0.29) is 6.10 Å². The van der Waals surface area contributed by atoms with Gasteiger partial charge in [0.15, 0.2) is 16.6 Å². The van der Waals surface area contributed by atoms with Crippen molar-refractivity contribution in [2.75, 3.05) is 6.61 Å². The lowest BCUT2D eigenvalue weighted by Gasteiger charge is -2.08. The molecule has 2 aromatic heterocycles. The maximum Gasteiger partial charge on any atom is 0.182 e. The highest BCUT2D eigenvalue weighted by molar-refractivity contribution is 6.33. The molecule has 2 aliphatic rings. The first-order valence-electron chi connectivity index (χ1n) is 6.34. The molecule has 6 heteroatoms. The van der Waals surface area contributed by atoms with Gasteiger partial charge >= 0.3 is 0 Å². The van der Waals surface area contributed by atoms with Crippen LogP contribution < -0.4 is 0 Å². The van der Waals surface area contributed by atoms with Gasteiger partial charge in [0.2, 0.25) is 0 Å². The van der Waals surface area contributed by atoms with E-state index in [1.165, 1.54) is 12.8 Å². The van der Waals surface area contributed by atoms with Crippen LogP contribution in [0.5, 0.6) is 0 Å². The quantitative estimate of drug-likeness (QED) is 0.783. The number of imidazole rings is 1. The second-order valence-corrected chi connectivity index (χ2v) is 5.29. The van der Waals surface area contributed by atoms with E-state index in [9.17, 15) is 0 Å². The molecule has 94 valence electrons. The number of fused-ring (bicyclic) bond motifs is 1. The number of hydrogen-bond donors (Lipinski definition) is 0. The van der Waals surface area contributed by atoms with Gasteiger partial charge < -0.3 is 9.30 Å². The second kappa shape index (κ2) is 3.90. The van der Waals surface area contributed by atoms with E-state index in [2.05, 4.69) is 19.5 Å². The van der Waals surface area contributed by atoms with Crippen LogP contribution in [0.15, 0.2) is 6.33 Å². The summed E-state index contributed by atoms with van der Waals surface area (Å²) in [7, 11) is 0. The Morgan fingerprint density at radius 1 is 1.28 bits per heavy atom. The van der Waals surface area contributed by atoms with Crippen molar-refractivity contribution in [1.82, 2.24) is 19.5 Å². The van der Waals surface area contributed by atoms with Crippen LogP contribution in [0, 0.1) is 0 Å². The lowest BCUT2D eigenvalue weighted by molar-refractivity contribution is 0.105. The number of rotatable bonds is 2. The third-order valence-corrected chi connectivity index (χ3v) is 3.82. The lowest BCUT2D eigenvalue weighted by atomic mass is 10.2. The summed E-state index contributed by atoms with van der Waals surface area (Å²) in [6.45, 7) is 0.778. The molecule has 3 heterocycles. The molecule has 0 bridgehead atoms. The van der Waals surface area contributed by atoms with Gasteiger partial charge in [0.05, 0.1) is 6.33 Å². The van der Waals surface area contributed by atoms with E-state index in [1.54, 1.807) is 0 Å². The van der Waals surface area contributed by atoms with E-state index in [0.29, 0.717) is 22.7 Å². The van der Waals surface area contributed by atoms with Crippen LogP contribution in [-0.2, 0) is 4.74 Å². The maximum atomic E-state index is 6.29. The third kappa shape index (κ3) is 1.61. The number of hydrogen-bond acceptors (Lipinski definition) is 4. The smallest absolute Gasteiger partial charge is 0.182 e. The Labute approximate surface area is 109 Å². The Balaban J connectivity index is 1.83. The molecule has 2 aromatic rings. The predicted octanol–water partition coefficient (Wildman–Crippen LogP) is 2.67. The summed E-state index contributed by atoms with van der Waals surface area (Å²) in [4.78, 5) is 13.2. The molecule has 1 atom stereocenters. The monoisotopic (exact) mass is 264 g/mol. The molecule has 0 radical (unpaired) electrons. The van der Waals surface area contributed by atoms with Gasteiger partial charge in [-0.3, -0.25) is 0 Å². The van der Waals surface area contributed by atoms with Gasteiger partial charge in [-0.05, 0) is 25.7 Å². The van der Waals surface area contributed by atoms with Crippen LogP contribution in [0.1, 0.15) is 43.7 Å². The van der Waals surface area contributed by atoms with Gasteiger partial charge in [-0.15, -0.1) is 0 Å². The highest BCUT2D eigenvalue weighted by Gasteiger charge is 2.28. The summed E-state index contributed by atoms with van der Waals surface area (Å²) in [6.07, 6.45) is 6.20. The standard InChI is InChI=1S/C12H13ClN4O/c13-10-9-12(14-6-17(9)7-3-4-7)16-11(15-10)8-2-1-5-18-8/h6-8H,1-5H2/t8-/m1/s1. The van der Waals surface area contributed by atoms with Gasteiger partial charge in [0.1, 0.15) is 11.6 Å². The average molecular weight is 265 g/mol. The number of halogens is 1. The molecule has 1 saturated heterocycles. The fourth-order valence-electron chi connectivity index (χ4n) is 2.47. The van der Waals surface area contributed by atoms with Crippen LogP contribution in [0.25, 0.3) is 11.2 Å². The Morgan fingerprint density at radius 3 is 2.89 bits per heavy atom. The molecule has 1 saturated carbocycles. The Morgan fingerprint density at radius 2 is 2.17 bits per heavy atom. The van der Waals surface area contributed by atoms with Crippen molar-refractivity contribution in [3.8, 4) is 0 Å². The zero-order valence-corrected chi connectivity index (χ0v) is 10.6. The summed E-state index contributed by atoms with van der Waals surface area (Å²) >= 11 is 6.29. The van der Waals surface area contributed by atoms with Crippen LogP contribution in [0.3, 0.4) is 0 Å². The van der Waals surface area contributed by atoms with E-state index in [4.69, 9.17) is 16.3 Å². The summed E-state index contributed by atoms with van der Waals surface area (Å²) in [6, 6.07) is 0.532. The normalized spacial score (nSPS) is 23.9. The minimum absolute atomic E-state index is 0.0158. The zero-order chi connectivity index (χ0) is 12.1. The van der Waals surface area contributed by atoms with Gasteiger partial charge in [-0.1, -0.05) is 11.6 Å². The summed E-state index contributed by atoms with van der Waals surface area (Å²) in [5.74, 6) is 0.672. The van der Waals surface area contributed by atoms with Crippen molar-refractivity contribution in [2.24, 2.45) is 0 Å². The molecule has 1 aliphatic heterocycles. The molecule has 0 N–H and O–H groups in total. The molecular formula is C12H13ClN4O. The van der Waals surface area contributed by atoms with E-state index in [0.717, 1.165) is 25.0 Å². The van der Waals surface area contributed by atoms with Crippen LogP contribution >= 0.6 is 11.6 Å². The summed E-state index contributed by atoms with van der Waals surface area (Å²) < 4.78 is 7.69. The van der Waals surface area contributed by atoms with E-state index < -0.39 is 0 Å². The van der Waals surface area contributed by atoms with Crippen molar-refractivity contribution in [1.29, 1.82) is 0 Å². The predicted molar refractivity (Wildman–Crippen MR) is 66.5 cm³/mol. The van der Waals surface area contributed by atoms with Crippen LogP contribution in [0.4, 0.5) is 0 Å². The number of nitrogens with zero attached hydrogens (tertiary/aromatic N) is 4. The SMILES string of the molecule is Clc1nc([C@H]2CCCO2)nc2ncn(C3CC3)c12. The minimum atomic E-state index is -0.0158. The Bertz CT molecular complexity index is 601. The summed E-state index contributed by atoms with van der Waals surface area (Å²) in [5, 5.41) is 0.495. The van der Waals surface area contributed by atoms with Crippen LogP contribution in [-0.4, -0.2) is 26.1 Å². The second-order valence-electron chi connectivity index (χ2n) is 4.93. The fourth-order valence-corrected chi connectivity index (χ4v) is 2.74. The Kier molecular flexibility index (Phi) is 2.32. The van der Waals surface area contributed by atoms with Crippen molar-refractivity contribution in [2.45, 2.75) is 37.8 Å². The van der Waals surface area contributed by atoms with Crippen molar-refractivity contribution in [3.63, 3.8) is 0 Å². The van der Waals surface area contributed by atoms with Gasteiger partial charge in [0, 0.05) is 12.6 Å². The molecule has 2 fully saturated rings. The highest BCUT2D eigenvalue weighted by atomic mass is 35.5. The molecule has 0 aromatic carbocycles. The van der Waals surface area contributed by atoms with Crippen molar-refractivity contribution in [3.05, 3.63) is 17.3 Å². The molecule has 0 unspecified atom stereocenters. The topological polar surface area (TPSA) is 52.8 Å². The van der Waals surface area contributed by atoms with Crippen LogP contribution in [0.2, 0.25) is 5.15 Å². The maximum absolute atomic E-state index is 6.29. The first kappa shape index (κ1) is 10.7. The molecule has 1 aliphatic carbocycles. The lowest BCUT2D eigenvalue weighted by Crippen LogP contribution is -2.04. The Hall–Kier alpha value is -1.20. The van der Waals surface area contributed by atoms with Gasteiger partial charge in [-0.2, -0.15) is 0 Å². The molecular weight excluding hydrogens is 252 g/mol. The third-order valence-electron chi connectivity index (χ3n) is 3.56. The molecule has 18 heavy (non-hydrogen) atoms. The largest absolute Gasteiger partial charge is 0.370 e. The zero-order valence-electron chi connectivity index (χ0n) is 9.84. The molecule has 0 spiro atoms. The number of ether oxygens (including phenoxy) is 1. The van der Waals surface area contributed by atoms with Gasteiger partial charge in [-0.25, -0.2) is 15.0 Å². The summed E-state index contributed by atoms with van der Waals surface area (Å²) in [5.41, 5.74) is 1.55. The van der Waals surface area contributed by atoms with E-state index >= 15 is 0 Å². The van der Waals surface area contributed by atoms with E-state index in [1.807, 2.05) is 6.33 Å². The molecule has 0 amide bonds. The van der Waals surface area contributed by atoms with Crippen molar-refractivity contribution >= 4 is 22.8 Å². The van der Waals surface area contributed by atoms with Crippen molar-refractivity contribution < 1.29 is 4.74 Å². The number of aromatic nitrogens is 4. The highest BCUT2D eigenvalue weighted by Crippen LogP contribution is 2.38. The molecule has 5 nitrogen and oxygen atoms in total. The average Bonchev–Trinajstić information content (AvgIpc) is 2.93. The minimum Gasteiger partial charge on any atom is -0.370 e. The first-order chi connectivity index (χ1) is 8.83. The first-order valence-corrected chi connectivity index (χ1v) is 6.72. The van der Waals surface area contributed by atoms with Gasteiger partial charge in [0.25, 0.3) is 0 Å². The molecule has 4 rings (SSSR count).